The van der Waals surface area contributed by atoms with E-state index >= 15 is 4.39 Å². The summed E-state index contributed by atoms with van der Waals surface area (Å²) < 4.78 is 54.2. The van der Waals surface area contributed by atoms with Gasteiger partial charge in [-0.3, -0.25) is 4.79 Å². The molecule has 0 saturated heterocycles. The number of aliphatic carboxylic acids is 1. The fourth-order valence-corrected chi connectivity index (χ4v) is 4.90. The number of carboxylic acids is 1. The molecule has 2 heterocycles. The summed E-state index contributed by atoms with van der Waals surface area (Å²) >= 11 is 1.19. The second-order valence-electron chi connectivity index (χ2n) is 8.08. The van der Waals surface area contributed by atoms with Crippen molar-refractivity contribution in [1.82, 2.24) is 15.0 Å². The predicted octanol–water partition coefficient (Wildman–Crippen LogP) is 6.11. The van der Waals surface area contributed by atoms with Gasteiger partial charge in [0.15, 0.2) is 5.67 Å². The summed E-state index contributed by atoms with van der Waals surface area (Å²) in [6.07, 6.45) is -1.27. The highest BCUT2D eigenvalue weighted by molar-refractivity contribution is 7.15. The minimum atomic E-state index is -4.58. The lowest BCUT2D eigenvalue weighted by molar-refractivity contribution is -0.144. The SMILES string of the molecule is Cc1cc(Nc2nccc(C(F)(F)F)n2)cc(-c2cnc([C@]3(F)CC[C@H](C(=O)O)CC3)s2)c1. The number of hydrogen-bond donors (Lipinski definition) is 2. The topological polar surface area (TPSA) is 88.0 Å². The molecule has 2 aromatic heterocycles. The van der Waals surface area contributed by atoms with Gasteiger partial charge in [0.1, 0.15) is 10.7 Å². The molecule has 1 saturated carbocycles. The Hall–Kier alpha value is -3.08. The summed E-state index contributed by atoms with van der Waals surface area (Å²) in [6, 6.07) is 6.10. The molecular formula is C22H20F4N4O2S. The van der Waals surface area contributed by atoms with Crippen LogP contribution in [0.3, 0.4) is 0 Å². The van der Waals surface area contributed by atoms with Crippen LogP contribution in [0.15, 0.2) is 36.7 Å². The first-order valence-corrected chi connectivity index (χ1v) is 11.0. The Bertz CT molecular complexity index is 1170. The molecule has 0 spiro atoms. The van der Waals surface area contributed by atoms with Gasteiger partial charge in [0, 0.05) is 18.1 Å². The summed E-state index contributed by atoms with van der Waals surface area (Å²) in [7, 11) is 0. The minimum absolute atomic E-state index is 0.102. The van der Waals surface area contributed by atoms with E-state index in [1.807, 2.05) is 13.0 Å². The number of carboxylic acid groups (broad SMARTS) is 1. The number of rotatable bonds is 5. The second-order valence-corrected chi connectivity index (χ2v) is 9.11. The molecule has 0 atom stereocenters. The third-order valence-corrected chi connectivity index (χ3v) is 6.81. The van der Waals surface area contributed by atoms with Gasteiger partial charge in [0.05, 0.1) is 10.8 Å². The Morgan fingerprint density at radius 3 is 2.61 bits per heavy atom. The number of aromatic nitrogens is 3. The highest BCUT2D eigenvalue weighted by atomic mass is 32.1. The van der Waals surface area contributed by atoms with Crippen molar-refractivity contribution in [3.63, 3.8) is 0 Å². The summed E-state index contributed by atoms with van der Waals surface area (Å²) in [5.41, 5.74) is -0.682. The standard InChI is InChI=1S/C22H20F4N4O2S/c1-12-8-14(10-15(9-12)29-20-27-7-4-17(30-20)22(24,25)26)16-11-28-19(33-16)21(23)5-2-13(3-6-21)18(31)32/h4,7-11,13H,2-3,5-6H2,1H3,(H,31,32)(H,27,29,30)/t13-,21-. The number of halogens is 4. The summed E-state index contributed by atoms with van der Waals surface area (Å²) in [6.45, 7) is 1.83. The minimum Gasteiger partial charge on any atom is -0.481 e. The number of aryl methyl sites for hydroxylation is 1. The first-order chi connectivity index (χ1) is 15.5. The van der Waals surface area contributed by atoms with E-state index in [0.29, 0.717) is 15.6 Å². The lowest BCUT2D eigenvalue weighted by atomic mass is 9.80. The number of anilines is 2. The van der Waals surface area contributed by atoms with Crippen molar-refractivity contribution in [3.05, 3.63) is 52.9 Å². The van der Waals surface area contributed by atoms with Gasteiger partial charge in [-0.1, -0.05) is 6.07 Å². The lowest BCUT2D eigenvalue weighted by Crippen LogP contribution is -2.30. The zero-order valence-corrected chi connectivity index (χ0v) is 18.3. The molecular weight excluding hydrogens is 460 g/mol. The number of nitrogens with zero attached hydrogens (tertiary/aromatic N) is 3. The van der Waals surface area contributed by atoms with Crippen molar-refractivity contribution in [2.24, 2.45) is 5.92 Å². The van der Waals surface area contributed by atoms with Crippen molar-refractivity contribution in [1.29, 1.82) is 0 Å². The smallest absolute Gasteiger partial charge is 0.433 e. The molecule has 174 valence electrons. The van der Waals surface area contributed by atoms with Crippen LogP contribution in [-0.4, -0.2) is 26.0 Å². The third kappa shape index (κ3) is 5.13. The number of carbonyl (C=O) groups is 1. The molecule has 4 rings (SSSR count). The van der Waals surface area contributed by atoms with Crippen LogP contribution >= 0.6 is 11.3 Å². The molecule has 2 N–H and O–H groups in total. The van der Waals surface area contributed by atoms with Crippen molar-refractivity contribution in [2.75, 3.05) is 5.32 Å². The Morgan fingerprint density at radius 1 is 1.21 bits per heavy atom. The van der Waals surface area contributed by atoms with Crippen LogP contribution in [0.25, 0.3) is 10.4 Å². The predicted molar refractivity (Wildman–Crippen MR) is 115 cm³/mol. The van der Waals surface area contributed by atoms with Crippen molar-refractivity contribution >= 4 is 28.9 Å². The fraction of sp³-hybridized carbons (Fsp3) is 0.364. The molecule has 1 fully saturated rings. The van der Waals surface area contributed by atoms with E-state index in [1.54, 1.807) is 18.3 Å². The highest BCUT2D eigenvalue weighted by Gasteiger charge is 2.41. The fourth-order valence-electron chi connectivity index (χ4n) is 3.85. The molecule has 1 aromatic carbocycles. The van der Waals surface area contributed by atoms with Crippen LogP contribution < -0.4 is 5.32 Å². The highest BCUT2D eigenvalue weighted by Crippen LogP contribution is 2.45. The molecule has 0 amide bonds. The van der Waals surface area contributed by atoms with Gasteiger partial charge >= 0.3 is 12.1 Å². The molecule has 1 aliphatic carbocycles. The summed E-state index contributed by atoms with van der Waals surface area (Å²) in [5, 5.41) is 12.2. The normalized spacial score (nSPS) is 21.1. The molecule has 0 radical (unpaired) electrons. The van der Waals surface area contributed by atoms with Crippen LogP contribution in [-0.2, 0) is 16.6 Å². The van der Waals surface area contributed by atoms with Gasteiger partial charge < -0.3 is 10.4 Å². The number of thiazole rings is 1. The lowest BCUT2D eigenvalue weighted by Gasteiger charge is -2.30. The number of alkyl halides is 4. The molecule has 0 aliphatic heterocycles. The molecule has 33 heavy (non-hydrogen) atoms. The van der Waals surface area contributed by atoms with E-state index < -0.39 is 29.4 Å². The first kappa shape index (κ1) is 23.1. The average molecular weight is 480 g/mol. The Kier molecular flexibility index (Phi) is 6.08. The first-order valence-electron chi connectivity index (χ1n) is 10.2. The average Bonchev–Trinajstić information content (AvgIpc) is 3.25. The Morgan fingerprint density at radius 2 is 1.94 bits per heavy atom. The van der Waals surface area contributed by atoms with E-state index in [0.717, 1.165) is 23.4 Å². The van der Waals surface area contributed by atoms with Crippen LogP contribution in [0, 0.1) is 12.8 Å². The van der Waals surface area contributed by atoms with Crippen LogP contribution in [0.5, 0.6) is 0 Å². The van der Waals surface area contributed by atoms with Gasteiger partial charge in [-0.15, -0.1) is 11.3 Å². The van der Waals surface area contributed by atoms with E-state index in [9.17, 15) is 18.0 Å². The van der Waals surface area contributed by atoms with Crippen molar-refractivity contribution in [3.8, 4) is 10.4 Å². The summed E-state index contributed by atoms with van der Waals surface area (Å²) in [5.74, 6) is -1.62. The zero-order chi connectivity index (χ0) is 23.8. The maximum atomic E-state index is 15.5. The largest absolute Gasteiger partial charge is 0.481 e. The van der Waals surface area contributed by atoms with Crippen molar-refractivity contribution in [2.45, 2.75) is 44.5 Å². The van der Waals surface area contributed by atoms with Gasteiger partial charge in [-0.25, -0.2) is 19.3 Å². The molecule has 11 heteroatoms. The second kappa shape index (κ2) is 8.69. The number of benzene rings is 1. The number of nitrogens with one attached hydrogen (secondary N) is 1. The Labute approximate surface area is 190 Å². The van der Waals surface area contributed by atoms with E-state index in [4.69, 9.17) is 5.11 Å². The van der Waals surface area contributed by atoms with Crippen LogP contribution in [0.4, 0.5) is 29.2 Å². The van der Waals surface area contributed by atoms with E-state index in [2.05, 4.69) is 20.3 Å². The van der Waals surface area contributed by atoms with Crippen LogP contribution in [0.2, 0.25) is 0 Å². The van der Waals surface area contributed by atoms with Gasteiger partial charge in [0.25, 0.3) is 0 Å². The quantitative estimate of drug-likeness (QED) is 0.429. The molecule has 6 nitrogen and oxygen atoms in total. The van der Waals surface area contributed by atoms with Gasteiger partial charge in [0.2, 0.25) is 5.95 Å². The van der Waals surface area contributed by atoms with Gasteiger partial charge in [-0.05, 0) is 61.9 Å². The van der Waals surface area contributed by atoms with E-state index in [1.165, 1.54) is 11.3 Å². The Balaban J connectivity index is 1.56. The number of hydrogen-bond acceptors (Lipinski definition) is 6. The summed E-state index contributed by atoms with van der Waals surface area (Å²) in [4.78, 5) is 23.5. The molecule has 0 unspecified atom stereocenters. The van der Waals surface area contributed by atoms with Crippen LogP contribution in [0.1, 0.15) is 41.9 Å². The molecule has 0 bridgehead atoms. The van der Waals surface area contributed by atoms with Crippen molar-refractivity contribution < 1.29 is 27.5 Å². The maximum Gasteiger partial charge on any atom is 0.433 e. The van der Waals surface area contributed by atoms with Gasteiger partial charge in [-0.2, -0.15) is 13.2 Å². The monoisotopic (exact) mass is 480 g/mol. The molecule has 1 aliphatic rings. The molecule has 3 aromatic rings. The third-order valence-electron chi connectivity index (χ3n) is 5.58. The zero-order valence-electron chi connectivity index (χ0n) is 17.5. The van der Waals surface area contributed by atoms with E-state index in [-0.39, 0.29) is 31.6 Å². The maximum absolute atomic E-state index is 15.5.